The van der Waals surface area contributed by atoms with Gasteiger partial charge in [0.25, 0.3) is 0 Å². The zero-order valence-electron chi connectivity index (χ0n) is 15.5. The first-order valence-corrected chi connectivity index (χ1v) is 12.6. The van der Waals surface area contributed by atoms with Crippen molar-refractivity contribution in [2.24, 2.45) is 0 Å². The Bertz CT molecular complexity index is 537. The van der Waals surface area contributed by atoms with Crippen LogP contribution in [0.5, 0.6) is 11.8 Å². The van der Waals surface area contributed by atoms with Gasteiger partial charge in [-0.25, -0.2) is 0 Å². The van der Waals surface area contributed by atoms with E-state index in [9.17, 15) is 10.2 Å². The lowest BCUT2D eigenvalue weighted by Crippen LogP contribution is -2.55. The largest absolute Gasteiger partial charge is 0.494 e. The molecule has 1 fully saturated rings. The van der Waals surface area contributed by atoms with Gasteiger partial charge in [-0.15, -0.1) is 0 Å². The van der Waals surface area contributed by atoms with Gasteiger partial charge >= 0.3 is 0 Å². The van der Waals surface area contributed by atoms with Gasteiger partial charge in [0, 0.05) is 17.7 Å². The maximum Gasteiger partial charge on any atom is 0.197 e. The molecule has 1 aliphatic heterocycles. The average Bonchev–Trinajstić information content (AvgIpc) is 2.87. The molecule has 0 aromatic carbocycles. The quantitative estimate of drug-likeness (QED) is 0.754. The van der Waals surface area contributed by atoms with Gasteiger partial charge in [-0.1, -0.05) is 20.3 Å². The second-order valence-corrected chi connectivity index (χ2v) is 12.7. The Labute approximate surface area is 147 Å². The molecule has 24 heavy (non-hydrogen) atoms. The van der Waals surface area contributed by atoms with E-state index in [1.807, 2.05) is 0 Å². The van der Waals surface area contributed by atoms with Crippen LogP contribution in [0.25, 0.3) is 0 Å². The highest BCUT2D eigenvalue weighted by molar-refractivity contribution is 6.77. The Balaban J connectivity index is 1.65. The Hall–Kier alpha value is -0.943. The highest BCUT2D eigenvalue weighted by Crippen LogP contribution is 2.39. The number of hydrogen-bond donors (Lipinski definition) is 2. The maximum atomic E-state index is 10.5. The SMILES string of the molecule is CC[Si]1(CC)CCCCN1CCCn1c(O)c2c(c1O)CCCC2. The summed E-state index contributed by atoms with van der Waals surface area (Å²) in [6, 6.07) is 4.17. The van der Waals surface area contributed by atoms with Crippen LogP contribution in [0, 0.1) is 0 Å². The first kappa shape index (κ1) is 17.9. The number of hydrogen-bond acceptors (Lipinski definition) is 3. The molecule has 0 unspecified atom stereocenters. The predicted molar refractivity (Wildman–Crippen MR) is 101 cm³/mol. The fourth-order valence-corrected chi connectivity index (χ4v) is 9.60. The van der Waals surface area contributed by atoms with Crippen molar-refractivity contribution in [3.05, 3.63) is 11.1 Å². The number of fused-ring (bicyclic) bond motifs is 1. The molecule has 2 heterocycles. The zero-order valence-corrected chi connectivity index (χ0v) is 16.5. The number of aromatic hydroxyl groups is 2. The summed E-state index contributed by atoms with van der Waals surface area (Å²) in [6.07, 6.45) is 7.84. The third-order valence-electron chi connectivity index (χ3n) is 6.64. The summed E-state index contributed by atoms with van der Waals surface area (Å²) in [6.45, 7) is 7.88. The molecule has 0 bridgehead atoms. The molecule has 1 aromatic heterocycles. The minimum Gasteiger partial charge on any atom is -0.494 e. The van der Waals surface area contributed by atoms with Gasteiger partial charge < -0.3 is 14.8 Å². The molecule has 0 saturated carbocycles. The molecule has 0 amide bonds. The van der Waals surface area contributed by atoms with Crippen molar-refractivity contribution in [3.63, 3.8) is 0 Å². The molecule has 5 heteroatoms. The van der Waals surface area contributed by atoms with Crippen LogP contribution in [0.4, 0.5) is 0 Å². The number of rotatable bonds is 6. The van der Waals surface area contributed by atoms with Crippen LogP contribution in [0.2, 0.25) is 18.1 Å². The minimum absolute atomic E-state index is 0.329. The third kappa shape index (κ3) is 3.13. The summed E-state index contributed by atoms with van der Waals surface area (Å²) in [7, 11) is -1.24. The van der Waals surface area contributed by atoms with Gasteiger partial charge in [0.2, 0.25) is 0 Å². The molecule has 1 aromatic rings. The summed E-state index contributed by atoms with van der Waals surface area (Å²) in [5.41, 5.74) is 2.00. The standard InChI is InChI=1S/C19H34N2O2Si/c1-3-24(4-2)15-8-7-12-20(24)13-9-14-21-18(22)16-10-5-6-11-17(16)19(21)23/h22-23H,3-15H2,1-2H3. The van der Waals surface area contributed by atoms with Crippen LogP contribution in [0.15, 0.2) is 0 Å². The summed E-state index contributed by atoms with van der Waals surface area (Å²) in [5.74, 6) is 0.658. The van der Waals surface area contributed by atoms with Crippen molar-refractivity contribution >= 4 is 8.24 Å². The maximum absolute atomic E-state index is 10.5. The van der Waals surface area contributed by atoms with Gasteiger partial charge in [-0.05, 0) is 69.7 Å². The smallest absolute Gasteiger partial charge is 0.197 e. The lowest BCUT2D eigenvalue weighted by atomic mass is 9.95. The Morgan fingerprint density at radius 3 is 2.08 bits per heavy atom. The molecular weight excluding hydrogens is 316 g/mol. The van der Waals surface area contributed by atoms with Crippen molar-refractivity contribution in [3.8, 4) is 11.8 Å². The molecule has 2 N–H and O–H groups in total. The first-order valence-electron chi connectivity index (χ1n) is 10.00. The fraction of sp³-hybridized carbons (Fsp3) is 0.789. The summed E-state index contributed by atoms with van der Waals surface area (Å²) in [5, 5.41) is 21.0. The van der Waals surface area contributed by atoms with Crippen LogP contribution >= 0.6 is 0 Å². The number of aromatic nitrogens is 1. The highest BCUT2D eigenvalue weighted by atomic mass is 28.3. The normalized spacial score (nSPS) is 20.9. The fourth-order valence-electron chi connectivity index (χ4n) is 5.01. The van der Waals surface area contributed by atoms with Crippen LogP contribution in [0.3, 0.4) is 0 Å². The van der Waals surface area contributed by atoms with E-state index in [1.165, 1.54) is 37.5 Å². The van der Waals surface area contributed by atoms with E-state index in [1.54, 1.807) is 4.57 Å². The summed E-state index contributed by atoms with van der Waals surface area (Å²) < 4.78 is 4.58. The van der Waals surface area contributed by atoms with E-state index in [-0.39, 0.29) is 0 Å². The Kier molecular flexibility index (Phi) is 5.60. The zero-order chi connectivity index (χ0) is 17.2. The molecule has 4 nitrogen and oxygen atoms in total. The summed E-state index contributed by atoms with van der Waals surface area (Å²) in [4.78, 5) is 0. The van der Waals surface area contributed by atoms with Crippen molar-refractivity contribution in [1.29, 1.82) is 0 Å². The van der Waals surface area contributed by atoms with Crippen molar-refractivity contribution in [2.45, 2.75) is 83.5 Å². The van der Waals surface area contributed by atoms with E-state index in [2.05, 4.69) is 18.4 Å². The molecule has 2 aliphatic rings. The van der Waals surface area contributed by atoms with Gasteiger partial charge in [-0.3, -0.25) is 4.57 Å². The predicted octanol–water partition coefficient (Wildman–Crippen LogP) is 4.25. The van der Waals surface area contributed by atoms with E-state index in [4.69, 9.17) is 0 Å². The van der Waals surface area contributed by atoms with Crippen LogP contribution < -0.4 is 0 Å². The van der Waals surface area contributed by atoms with Gasteiger partial charge in [0.05, 0.1) is 0 Å². The second kappa shape index (κ2) is 7.52. The van der Waals surface area contributed by atoms with Crippen LogP contribution in [0.1, 0.15) is 57.1 Å². The van der Waals surface area contributed by atoms with E-state index < -0.39 is 8.24 Å². The van der Waals surface area contributed by atoms with E-state index in [0.29, 0.717) is 11.8 Å². The molecule has 0 spiro atoms. The lowest BCUT2D eigenvalue weighted by molar-refractivity contribution is 0.332. The first-order chi connectivity index (χ1) is 11.6. The molecule has 1 saturated heterocycles. The van der Waals surface area contributed by atoms with Crippen molar-refractivity contribution in [1.82, 2.24) is 9.13 Å². The topological polar surface area (TPSA) is 48.6 Å². The minimum atomic E-state index is -1.24. The molecule has 3 rings (SSSR count). The van der Waals surface area contributed by atoms with E-state index in [0.717, 1.165) is 56.3 Å². The van der Waals surface area contributed by atoms with Crippen LogP contribution in [-0.4, -0.2) is 40.7 Å². The van der Waals surface area contributed by atoms with Crippen molar-refractivity contribution in [2.75, 3.05) is 13.1 Å². The van der Waals surface area contributed by atoms with Crippen LogP contribution in [-0.2, 0) is 19.4 Å². The Morgan fingerprint density at radius 1 is 0.875 bits per heavy atom. The number of nitrogens with zero attached hydrogens (tertiary/aromatic N) is 2. The molecule has 0 radical (unpaired) electrons. The molecule has 136 valence electrons. The highest BCUT2D eigenvalue weighted by Gasteiger charge is 2.37. The molecule has 1 aliphatic carbocycles. The average molecular weight is 351 g/mol. The Morgan fingerprint density at radius 2 is 1.50 bits per heavy atom. The molecular formula is C19H34N2O2Si. The van der Waals surface area contributed by atoms with Gasteiger partial charge in [0.1, 0.15) is 8.24 Å². The monoisotopic (exact) mass is 350 g/mol. The van der Waals surface area contributed by atoms with Gasteiger partial charge in [0.15, 0.2) is 11.8 Å². The van der Waals surface area contributed by atoms with Gasteiger partial charge in [-0.2, -0.15) is 0 Å². The van der Waals surface area contributed by atoms with E-state index >= 15 is 0 Å². The summed E-state index contributed by atoms with van der Waals surface area (Å²) >= 11 is 0. The van der Waals surface area contributed by atoms with Crippen molar-refractivity contribution < 1.29 is 10.2 Å². The third-order valence-corrected chi connectivity index (χ3v) is 12.3. The second-order valence-electron chi connectivity index (χ2n) is 7.69. The molecule has 0 atom stereocenters. The lowest BCUT2D eigenvalue weighted by Gasteiger charge is -2.45.